The van der Waals surface area contributed by atoms with Gasteiger partial charge in [0.2, 0.25) is 0 Å². The minimum atomic E-state index is -2.54. The van der Waals surface area contributed by atoms with Crippen LogP contribution in [-0.2, 0) is 4.79 Å². The third-order valence-electron chi connectivity index (χ3n) is 4.30. The third kappa shape index (κ3) is 8.75. The third-order valence-corrected chi connectivity index (χ3v) is 6.38. The lowest BCUT2D eigenvalue weighted by Gasteiger charge is -2.07. The Kier molecular flexibility index (Phi) is 10.8. The van der Waals surface area contributed by atoms with Gasteiger partial charge in [0.1, 0.15) is 0 Å². The molecule has 2 N–H and O–H groups in total. The summed E-state index contributed by atoms with van der Waals surface area (Å²) < 4.78 is 28.9. The smallest absolute Gasteiger partial charge is 0.335 e. The van der Waals surface area contributed by atoms with Crippen LogP contribution in [0.5, 0.6) is 0 Å². The average Bonchev–Trinajstić information content (AvgIpc) is 2.79. The Hall–Kier alpha value is -2.49. The minimum absolute atomic E-state index is 0.0790. The number of thioether (sulfide) groups is 1. The summed E-state index contributed by atoms with van der Waals surface area (Å²) in [6.45, 7) is 7.15. The van der Waals surface area contributed by atoms with Crippen molar-refractivity contribution in [2.24, 2.45) is 4.99 Å². The number of anilines is 1. The zero-order valence-electron chi connectivity index (χ0n) is 18.1. The van der Waals surface area contributed by atoms with Gasteiger partial charge in [-0.2, -0.15) is 0 Å². The first kappa shape index (κ1) is 26.8. The molecule has 4 nitrogen and oxygen atoms in total. The number of alkyl halides is 2. The van der Waals surface area contributed by atoms with E-state index in [0.717, 1.165) is 15.5 Å². The number of rotatable bonds is 11. The van der Waals surface area contributed by atoms with Crippen molar-refractivity contribution in [1.29, 1.82) is 0 Å². The number of aliphatic carboxylic acids is 1. The van der Waals surface area contributed by atoms with Gasteiger partial charge < -0.3 is 9.83 Å². The van der Waals surface area contributed by atoms with E-state index in [9.17, 15) is 18.7 Å². The van der Waals surface area contributed by atoms with Crippen LogP contribution in [0.3, 0.4) is 0 Å². The zero-order valence-corrected chi connectivity index (χ0v) is 20.6. The summed E-state index contributed by atoms with van der Waals surface area (Å²) in [5.41, 5.74) is 2.01. The van der Waals surface area contributed by atoms with Gasteiger partial charge in [-0.25, -0.2) is 13.6 Å². The highest BCUT2D eigenvalue weighted by Crippen LogP contribution is 2.29. The second-order valence-electron chi connectivity index (χ2n) is 6.76. The van der Waals surface area contributed by atoms with Crippen molar-refractivity contribution >= 4 is 59.9 Å². The van der Waals surface area contributed by atoms with Crippen LogP contribution in [0.15, 0.2) is 92.0 Å². The van der Waals surface area contributed by atoms with E-state index in [2.05, 4.69) is 28.9 Å². The Balaban J connectivity index is 1.90. The van der Waals surface area contributed by atoms with Gasteiger partial charge in [-0.05, 0) is 73.8 Å². The molecule has 0 fully saturated rings. The Morgan fingerprint density at radius 1 is 1.24 bits per heavy atom. The molecular weight excluding hydrogens is 482 g/mol. The number of hydrogen-bond acceptors (Lipinski definition) is 6. The first-order valence-electron chi connectivity index (χ1n) is 9.75. The van der Waals surface area contributed by atoms with Gasteiger partial charge >= 0.3 is 5.97 Å². The van der Waals surface area contributed by atoms with Crippen molar-refractivity contribution in [3.63, 3.8) is 0 Å². The lowest BCUT2D eigenvalue weighted by Crippen LogP contribution is -2.00. The molecule has 33 heavy (non-hydrogen) atoms. The van der Waals surface area contributed by atoms with Crippen LogP contribution in [0.25, 0.3) is 0 Å². The molecule has 0 aromatic heterocycles. The van der Waals surface area contributed by atoms with Crippen LogP contribution in [-0.4, -0.2) is 23.0 Å². The van der Waals surface area contributed by atoms with Crippen LogP contribution < -0.4 is 4.72 Å². The number of allylic oxidation sites excluding steroid dienone is 3. The number of carbonyl (C=O) groups is 1. The average molecular weight is 507 g/mol. The fourth-order valence-electron chi connectivity index (χ4n) is 2.49. The van der Waals surface area contributed by atoms with Crippen LogP contribution in [0.1, 0.15) is 25.8 Å². The number of benzene rings is 2. The highest BCUT2D eigenvalue weighted by atomic mass is 32.2. The number of hydrogen-bond donors (Lipinski definition) is 3. The first-order valence-corrected chi connectivity index (χ1v) is 12.0. The van der Waals surface area contributed by atoms with Crippen molar-refractivity contribution < 1.29 is 18.7 Å². The molecule has 0 atom stereocenters. The Bertz CT molecular complexity index is 1080. The normalized spacial score (nSPS) is 12.7. The number of halogens is 2. The minimum Gasteiger partial charge on any atom is -0.478 e. The van der Waals surface area contributed by atoms with Crippen molar-refractivity contribution in [2.75, 3.05) is 10.5 Å². The van der Waals surface area contributed by atoms with Crippen molar-refractivity contribution in [1.82, 2.24) is 0 Å². The monoisotopic (exact) mass is 506 g/mol. The molecule has 0 unspecified atom stereocenters. The van der Waals surface area contributed by atoms with E-state index in [0.29, 0.717) is 21.9 Å². The molecule has 0 aliphatic rings. The summed E-state index contributed by atoms with van der Waals surface area (Å²) in [6, 6.07) is 11.9. The highest BCUT2D eigenvalue weighted by Gasteiger charge is 2.09. The van der Waals surface area contributed by atoms with Gasteiger partial charge in [0, 0.05) is 37.9 Å². The molecule has 0 radical (unpaired) electrons. The molecule has 174 valence electrons. The quantitative estimate of drug-likeness (QED) is 0.0721. The van der Waals surface area contributed by atoms with E-state index in [-0.39, 0.29) is 11.1 Å². The lowest BCUT2D eigenvalue weighted by molar-refractivity contribution is -0.132. The summed E-state index contributed by atoms with van der Waals surface area (Å²) in [7, 11) is 0. The van der Waals surface area contributed by atoms with Gasteiger partial charge in [-0.1, -0.05) is 18.7 Å². The summed E-state index contributed by atoms with van der Waals surface area (Å²) in [5, 5.41) is 9.32. The van der Waals surface area contributed by atoms with E-state index in [1.807, 2.05) is 31.2 Å². The maximum atomic E-state index is 12.8. The highest BCUT2D eigenvalue weighted by molar-refractivity contribution is 8.04. The maximum Gasteiger partial charge on any atom is 0.335 e. The molecule has 0 saturated heterocycles. The fraction of sp³-hybridized carbons (Fsp3) is 0.167. The van der Waals surface area contributed by atoms with Crippen molar-refractivity contribution in [3.05, 3.63) is 82.8 Å². The Labute approximate surface area is 206 Å². The predicted molar refractivity (Wildman–Crippen MR) is 139 cm³/mol. The van der Waals surface area contributed by atoms with Gasteiger partial charge in [-0.15, -0.1) is 24.4 Å². The molecule has 0 spiro atoms. The SMILES string of the molecule is C=C/C(C)=C(\C=C(/C)SNc1ccc(SCC=Nc2cc(C(F)F)ccc2S)cc1)C(=O)O. The second-order valence-corrected chi connectivity index (χ2v) is 9.39. The molecule has 0 saturated carbocycles. The molecule has 0 bridgehead atoms. The van der Waals surface area contributed by atoms with Crippen molar-refractivity contribution in [2.45, 2.75) is 30.1 Å². The topological polar surface area (TPSA) is 61.7 Å². The number of carboxylic acid groups (broad SMARTS) is 1. The maximum absolute atomic E-state index is 12.8. The van der Waals surface area contributed by atoms with E-state index in [1.165, 1.54) is 36.2 Å². The van der Waals surface area contributed by atoms with Crippen LogP contribution in [0, 0.1) is 0 Å². The zero-order chi connectivity index (χ0) is 24.4. The Morgan fingerprint density at radius 3 is 2.55 bits per heavy atom. The fourth-order valence-corrected chi connectivity index (χ4v) is 3.95. The number of carboxylic acids is 1. The molecular formula is C24H24F2N2O2S3. The van der Waals surface area contributed by atoms with Gasteiger partial charge in [0.25, 0.3) is 6.43 Å². The van der Waals surface area contributed by atoms with Crippen LogP contribution in [0.2, 0.25) is 0 Å². The van der Waals surface area contributed by atoms with E-state index < -0.39 is 12.4 Å². The molecule has 2 rings (SSSR count). The van der Waals surface area contributed by atoms with Crippen LogP contribution in [0.4, 0.5) is 20.2 Å². The van der Waals surface area contributed by atoms with Gasteiger partial charge in [-0.3, -0.25) is 4.99 Å². The lowest BCUT2D eigenvalue weighted by atomic mass is 10.1. The van der Waals surface area contributed by atoms with Crippen LogP contribution >= 0.6 is 36.3 Å². The van der Waals surface area contributed by atoms with Gasteiger partial charge in [0.15, 0.2) is 0 Å². The molecule has 0 heterocycles. The first-order chi connectivity index (χ1) is 15.7. The summed E-state index contributed by atoms with van der Waals surface area (Å²) in [5.74, 6) is -0.424. The summed E-state index contributed by atoms with van der Waals surface area (Å²) >= 11 is 7.14. The second kappa shape index (κ2) is 13.3. The van der Waals surface area contributed by atoms with Crippen molar-refractivity contribution in [3.8, 4) is 0 Å². The molecule has 2 aromatic carbocycles. The number of nitrogens with zero attached hydrogens (tertiary/aromatic N) is 1. The van der Waals surface area contributed by atoms with Gasteiger partial charge in [0.05, 0.1) is 11.3 Å². The molecule has 0 aliphatic carbocycles. The molecule has 9 heteroatoms. The van der Waals surface area contributed by atoms with E-state index in [1.54, 1.807) is 31.0 Å². The largest absolute Gasteiger partial charge is 0.478 e. The molecule has 0 aliphatic heterocycles. The molecule has 0 amide bonds. The predicted octanol–water partition coefficient (Wildman–Crippen LogP) is 7.96. The number of nitrogens with one attached hydrogen (secondary N) is 1. The summed E-state index contributed by atoms with van der Waals surface area (Å²) in [4.78, 5) is 18.0. The number of thiol groups is 1. The van der Waals surface area contributed by atoms with E-state index in [4.69, 9.17) is 0 Å². The van der Waals surface area contributed by atoms with E-state index >= 15 is 0 Å². The molecule has 2 aromatic rings. The summed E-state index contributed by atoms with van der Waals surface area (Å²) in [6.07, 6.45) is 2.25. The Morgan fingerprint density at radius 2 is 1.94 bits per heavy atom. The standard InChI is InChI=1S/C24H24F2N2O2S3/c1-4-15(2)20(24(29)30)13-16(3)33-28-18-6-8-19(9-7-18)32-12-11-27-21-14-17(23(25)26)5-10-22(21)31/h4-11,13-14,23,28,31H,1,12H2,2-3H3,(H,29,30)/b16-13+,20-15+,27-11?. The number of aliphatic imine (C=N–C) groups is 1.